The van der Waals surface area contributed by atoms with Crippen LogP contribution in [0.4, 0.5) is 5.95 Å². The van der Waals surface area contributed by atoms with Crippen LogP contribution in [0, 0.1) is 0 Å². The van der Waals surface area contributed by atoms with Gasteiger partial charge in [0.05, 0.1) is 6.61 Å². The molecule has 1 unspecified atom stereocenters. The van der Waals surface area contributed by atoms with E-state index in [0.717, 1.165) is 12.5 Å². The molecule has 0 fully saturated rings. The number of hydrogen-bond donors (Lipinski definition) is 1. The number of anilines is 1. The van der Waals surface area contributed by atoms with Crippen molar-refractivity contribution in [1.82, 2.24) is 9.55 Å². The highest BCUT2D eigenvalue weighted by Gasteiger charge is 2.10. The predicted octanol–water partition coefficient (Wildman–Crippen LogP) is -0.170. The fourth-order valence-corrected chi connectivity index (χ4v) is 1.43. The van der Waals surface area contributed by atoms with E-state index in [9.17, 15) is 0 Å². The van der Waals surface area contributed by atoms with E-state index in [1.807, 2.05) is 29.8 Å². The van der Waals surface area contributed by atoms with Crippen LogP contribution >= 0.6 is 0 Å². The number of aromatic nitrogens is 2. The van der Waals surface area contributed by atoms with Crippen LogP contribution in [0.15, 0.2) is 12.4 Å². The van der Waals surface area contributed by atoms with Gasteiger partial charge in [0.25, 0.3) is 0 Å². The first-order valence-corrected chi connectivity index (χ1v) is 4.58. The number of imidazole rings is 1. The lowest BCUT2D eigenvalue weighted by Gasteiger charge is -2.21. The van der Waals surface area contributed by atoms with E-state index in [-0.39, 0.29) is 6.04 Å². The molecular formula is C9H18N4O. The molecule has 1 aromatic heterocycles. The number of methoxy groups -OCH3 is 1. The van der Waals surface area contributed by atoms with Gasteiger partial charge in [0, 0.05) is 46.2 Å². The Bertz CT molecular complexity index is 274. The first-order chi connectivity index (χ1) is 6.65. The van der Waals surface area contributed by atoms with Crippen LogP contribution in [0.25, 0.3) is 0 Å². The molecule has 0 saturated heterocycles. The number of aryl methyl sites for hydroxylation is 1. The number of rotatable bonds is 5. The van der Waals surface area contributed by atoms with Crippen LogP contribution in [-0.2, 0) is 11.8 Å². The van der Waals surface area contributed by atoms with Crippen molar-refractivity contribution in [2.45, 2.75) is 6.04 Å². The Balaban J connectivity index is 2.50. The van der Waals surface area contributed by atoms with Crippen LogP contribution in [0.2, 0.25) is 0 Å². The SMILES string of the molecule is COCC(N)CN(C)c1nccn1C. The summed E-state index contributed by atoms with van der Waals surface area (Å²) in [6, 6.07) is 0.0155. The maximum Gasteiger partial charge on any atom is 0.204 e. The zero-order valence-corrected chi connectivity index (χ0v) is 8.97. The number of ether oxygens (including phenoxy) is 1. The fraction of sp³-hybridized carbons (Fsp3) is 0.667. The summed E-state index contributed by atoms with van der Waals surface area (Å²) in [7, 11) is 5.58. The van der Waals surface area contributed by atoms with Crippen LogP contribution in [-0.4, -0.2) is 42.9 Å². The minimum atomic E-state index is 0.0155. The molecular weight excluding hydrogens is 180 g/mol. The second kappa shape index (κ2) is 4.97. The van der Waals surface area contributed by atoms with Gasteiger partial charge in [0.15, 0.2) is 0 Å². The van der Waals surface area contributed by atoms with E-state index >= 15 is 0 Å². The highest BCUT2D eigenvalue weighted by atomic mass is 16.5. The average Bonchev–Trinajstić information content (AvgIpc) is 2.51. The van der Waals surface area contributed by atoms with Crippen molar-refractivity contribution >= 4 is 5.95 Å². The third-order valence-electron chi connectivity index (χ3n) is 2.03. The first kappa shape index (κ1) is 11.0. The Morgan fingerprint density at radius 3 is 2.93 bits per heavy atom. The molecule has 0 aromatic carbocycles. The molecule has 0 bridgehead atoms. The molecule has 5 nitrogen and oxygen atoms in total. The van der Waals surface area contributed by atoms with Crippen LogP contribution < -0.4 is 10.6 Å². The number of nitrogens with zero attached hydrogens (tertiary/aromatic N) is 3. The van der Waals surface area contributed by atoms with Crippen molar-refractivity contribution in [3.63, 3.8) is 0 Å². The van der Waals surface area contributed by atoms with Crippen LogP contribution in [0.5, 0.6) is 0 Å². The Kier molecular flexibility index (Phi) is 3.91. The van der Waals surface area contributed by atoms with E-state index < -0.39 is 0 Å². The summed E-state index contributed by atoms with van der Waals surface area (Å²) in [5.74, 6) is 0.913. The molecule has 0 amide bonds. The standard InChI is InChI=1S/C9H18N4O/c1-12-5-4-11-9(12)13(2)6-8(10)7-14-3/h4-5,8H,6-7,10H2,1-3H3. The molecule has 0 aliphatic heterocycles. The molecule has 0 aliphatic rings. The second-order valence-corrected chi connectivity index (χ2v) is 3.43. The molecule has 0 spiro atoms. The van der Waals surface area contributed by atoms with Gasteiger partial charge in [0.2, 0.25) is 5.95 Å². The lowest BCUT2D eigenvalue weighted by molar-refractivity contribution is 0.181. The lowest BCUT2D eigenvalue weighted by atomic mass is 10.3. The van der Waals surface area contributed by atoms with E-state index in [2.05, 4.69) is 4.98 Å². The van der Waals surface area contributed by atoms with Crippen molar-refractivity contribution in [2.24, 2.45) is 12.8 Å². The Morgan fingerprint density at radius 1 is 1.71 bits per heavy atom. The lowest BCUT2D eigenvalue weighted by Crippen LogP contribution is -2.39. The highest BCUT2D eigenvalue weighted by molar-refractivity contribution is 5.29. The molecule has 1 heterocycles. The highest BCUT2D eigenvalue weighted by Crippen LogP contribution is 2.06. The molecule has 1 atom stereocenters. The minimum absolute atomic E-state index is 0.0155. The molecule has 1 aromatic rings. The quantitative estimate of drug-likeness (QED) is 0.713. The second-order valence-electron chi connectivity index (χ2n) is 3.43. The molecule has 2 N–H and O–H groups in total. The van der Waals surface area contributed by atoms with E-state index in [1.54, 1.807) is 13.3 Å². The molecule has 0 aliphatic carbocycles. The summed E-state index contributed by atoms with van der Waals surface area (Å²) < 4.78 is 6.93. The molecule has 0 radical (unpaired) electrons. The summed E-state index contributed by atoms with van der Waals surface area (Å²) >= 11 is 0. The predicted molar refractivity (Wildman–Crippen MR) is 56.3 cm³/mol. The summed E-state index contributed by atoms with van der Waals surface area (Å²) in [6.45, 7) is 1.30. The normalized spacial score (nSPS) is 12.9. The Labute approximate surface area is 84.5 Å². The Hall–Kier alpha value is -1.07. The maximum atomic E-state index is 5.84. The average molecular weight is 198 g/mol. The van der Waals surface area contributed by atoms with Crippen molar-refractivity contribution < 1.29 is 4.74 Å². The zero-order valence-electron chi connectivity index (χ0n) is 8.97. The first-order valence-electron chi connectivity index (χ1n) is 4.58. The summed E-state index contributed by atoms with van der Waals surface area (Å²) in [5, 5.41) is 0. The van der Waals surface area contributed by atoms with Crippen LogP contribution in [0.1, 0.15) is 0 Å². The van der Waals surface area contributed by atoms with E-state index in [0.29, 0.717) is 6.61 Å². The summed E-state index contributed by atoms with van der Waals surface area (Å²) in [6.07, 6.45) is 3.68. The van der Waals surface area contributed by atoms with Gasteiger partial charge < -0.3 is 19.9 Å². The van der Waals surface area contributed by atoms with Gasteiger partial charge in [-0.1, -0.05) is 0 Å². The monoisotopic (exact) mass is 198 g/mol. The van der Waals surface area contributed by atoms with Crippen molar-refractivity contribution in [1.29, 1.82) is 0 Å². The van der Waals surface area contributed by atoms with E-state index in [1.165, 1.54) is 0 Å². The number of likely N-dealkylation sites (N-methyl/N-ethyl adjacent to an activating group) is 1. The van der Waals surface area contributed by atoms with Gasteiger partial charge >= 0.3 is 0 Å². The van der Waals surface area contributed by atoms with Crippen molar-refractivity contribution in [2.75, 3.05) is 32.2 Å². The van der Waals surface area contributed by atoms with Gasteiger partial charge in [-0.15, -0.1) is 0 Å². The van der Waals surface area contributed by atoms with Crippen LogP contribution in [0.3, 0.4) is 0 Å². The van der Waals surface area contributed by atoms with Gasteiger partial charge in [-0.25, -0.2) is 4.98 Å². The molecule has 0 saturated carbocycles. The van der Waals surface area contributed by atoms with Crippen molar-refractivity contribution in [3.8, 4) is 0 Å². The van der Waals surface area contributed by atoms with Crippen molar-refractivity contribution in [3.05, 3.63) is 12.4 Å². The fourth-order valence-electron chi connectivity index (χ4n) is 1.43. The smallest absolute Gasteiger partial charge is 0.204 e. The third-order valence-corrected chi connectivity index (χ3v) is 2.03. The number of hydrogen-bond acceptors (Lipinski definition) is 4. The van der Waals surface area contributed by atoms with Gasteiger partial charge in [-0.3, -0.25) is 0 Å². The maximum absolute atomic E-state index is 5.84. The Morgan fingerprint density at radius 2 is 2.43 bits per heavy atom. The van der Waals surface area contributed by atoms with Gasteiger partial charge in [-0.05, 0) is 0 Å². The molecule has 1 rings (SSSR count). The van der Waals surface area contributed by atoms with Gasteiger partial charge in [-0.2, -0.15) is 0 Å². The molecule has 5 heteroatoms. The van der Waals surface area contributed by atoms with Gasteiger partial charge in [0.1, 0.15) is 0 Å². The zero-order chi connectivity index (χ0) is 10.6. The minimum Gasteiger partial charge on any atom is -0.383 e. The molecule has 80 valence electrons. The third kappa shape index (κ3) is 2.71. The summed E-state index contributed by atoms with van der Waals surface area (Å²) in [4.78, 5) is 6.24. The molecule has 14 heavy (non-hydrogen) atoms. The largest absolute Gasteiger partial charge is 0.383 e. The number of nitrogens with two attached hydrogens (primary N) is 1. The topological polar surface area (TPSA) is 56.3 Å². The van der Waals surface area contributed by atoms with E-state index in [4.69, 9.17) is 10.5 Å². The summed E-state index contributed by atoms with van der Waals surface area (Å²) in [5.41, 5.74) is 5.84.